The minimum atomic E-state index is -0.0900. The van der Waals surface area contributed by atoms with Crippen LogP contribution in [0, 0.1) is 13.8 Å². The van der Waals surface area contributed by atoms with Crippen LogP contribution in [-0.4, -0.2) is 36.0 Å². The molecule has 0 spiro atoms. The summed E-state index contributed by atoms with van der Waals surface area (Å²) in [6.45, 7) is 5.33. The van der Waals surface area contributed by atoms with Gasteiger partial charge in [0.15, 0.2) is 0 Å². The number of benzene rings is 2. The second-order valence-electron chi connectivity index (χ2n) is 6.94. The molecule has 0 atom stereocenters. The Bertz CT molecular complexity index is 1010. The van der Waals surface area contributed by atoms with Crippen LogP contribution in [-0.2, 0) is 11.4 Å². The first-order valence-corrected chi connectivity index (χ1v) is 10.6. The fourth-order valence-corrected chi connectivity index (χ4v) is 3.38. The third kappa shape index (κ3) is 6.46. The van der Waals surface area contributed by atoms with Crippen LogP contribution < -0.4 is 9.47 Å². The topological polar surface area (TPSA) is 51.7 Å². The number of aryl methyl sites for hydroxylation is 2. The van der Waals surface area contributed by atoms with Crippen LogP contribution >= 0.6 is 11.3 Å². The number of carbonyl (C=O) groups excluding carboxylic acids is 1. The van der Waals surface area contributed by atoms with Crippen molar-refractivity contribution in [2.45, 2.75) is 20.5 Å². The lowest BCUT2D eigenvalue weighted by Gasteiger charge is -2.16. The lowest BCUT2D eigenvalue weighted by molar-refractivity contribution is -0.125. The van der Waals surface area contributed by atoms with Gasteiger partial charge in [-0.15, -0.1) is 11.3 Å². The Morgan fingerprint density at radius 2 is 1.97 bits per heavy atom. The van der Waals surface area contributed by atoms with Crippen LogP contribution in [0.25, 0.3) is 6.08 Å². The van der Waals surface area contributed by atoms with Crippen LogP contribution in [0.15, 0.2) is 60.0 Å². The van der Waals surface area contributed by atoms with Gasteiger partial charge in [-0.3, -0.25) is 4.79 Å². The first-order valence-electron chi connectivity index (χ1n) is 9.77. The Labute approximate surface area is 181 Å². The van der Waals surface area contributed by atoms with E-state index in [1.807, 2.05) is 67.8 Å². The van der Waals surface area contributed by atoms with Crippen molar-refractivity contribution in [3.8, 4) is 11.5 Å². The van der Waals surface area contributed by atoms with E-state index in [-0.39, 0.29) is 5.91 Å². The lowest BCUT2D eigenvalue weighted by atomic mass is 10.2. The number of carbonyl (C=O) groups is 1. The summed E-state index contributed by atoms with van der Waals surface area (Å²) in [7, 11) is 1.76. The first kappa shape index (κ1) is 21.6. The number of aromatic nitrogens is 1. The molecule has 30 heavy (non-hydrogen) atoms. The normalized spacial score (nSPS) is 10.9. The molecular formula is C24H26N2O3S. The van der Waals surface area contributed by atoms with Crippen molar-refractivity contribution >= 4 is 23.3 Å². The first-order chi connectivity index (χ1) is 14.5. The second-order valence-corrected chi connectivity index (χ2v) is 8.00. The molecule has 0 aliphatic heterocycles. The van der Waals surface area contributed by atoms with Crippen molar-refractivity contribution in [3.63, 3.8) is 0 Å². The van der Waals surface area contributed by atoms with Gasteiger partial charge in [0.25, 0.3) is 0 Å². The highest BCUT2D eigenvalue weighted by Gasteiger charge is 2.07. The summed E-state index contributed by atoms with van der Waals surface area (Å²) in [6.07, 6.45) is 3.34. The van der Waals surface area contributed by atoms with E-state index >= 15 is 0 Å². The molecule has 3 aromatic rings. The zero-order valence-electron chi connectivity index (χ0n) is 17.5. The molecule has 2 aromatic carbocycles. The summed E-state index contributed by atoms with van der Waals surface area (Å²) in [4.78, 5) is 18.5. The van der Waals surface area contributed by atoms with Gasteiger partial charge >= 0.3 is 0 Å². The van der Waals surface area contributed by atoms with Gasteiger partial charge < -0.3 is 14.4 Å². The summed E-state index contributed by atoms with van der Waals surface area (Å²) in [6, 6.07) is 15.5. The third-order valence-electron chi connectivity index (χ3n) is 4.43. The van der Waals surface area contributed by atoms with E-state index in [2.05, 4.69) is 4.98 Å². The predicted octanol–water partition coefficient (Wildman–Crippen LogP) is 4.89. The Kier molecular flexibility index (Phi) is 7.63. The molecule has 0 bridgehead atoms. The summed E-state index contributed by atoms with van der Waals surface area (Å²) >= 11 is 1.60. The zero-order chi connectivity index (χ0) is 21.3. The molecule has 0 aliphatic rings. The fourth-order valence-electron chi connectivity index (χ4n) is 2.78. The largest absolute Gasteiger partial charge is 0.492 e. The molecule has 156 valence electrons. The molecule has 5 nitrogen and oxygen atoms in total. The number of nitrogens with zero attached hydrogens (tertiary/aromatic N) is 2. The summed E-state index contributed by atoms with van der Waals surface area (Å²) < 4.78 is 11.6. The number of para-hydroxylation sites is 1. The molecule has 1 aromatic heterocycles. The SMILES string of the molecule is Cc1cccc(OCCN(C)C(=O)C=Cc2ccccc2OCc2csc(C)n2)c1. The van der Waals surface area contributed by atoms with Gasteiger partial charge in [-0.2, -0.15) is 0 Å². The van der Waals surface area contributed by atoms with E-state index in [9.17, 15) is 4.79 Å². The molecular weight excluding hydrogens is 396 g/mol. The van der Waals surface area contributed by atoms with Crippen molar-refractivity contribution < 1.29 is 14.3 Å². The van der Waals surface area contributed by atoms with Crippen LogP contribution in [0.5, 0.6) is 11.5 Å². The molecule has 1 heterocycles. The molecule has 0 saturated heterocycles. The van der Waals surface area contributed by atoms with Gasteiger partial charge in [0.1, 0.15) is 24.7 Å². The van der Waals surface area contributed by atoms with E-state index in [1.54, 1.807) is 35.4 Å². The van der Waals surface area contributed by atoms with Gasteiger partial charge in [0.05, 0.1) is 17.2 Å². The molecule has 0 saturated carbocycles. The Morgan fingerprint density at radius 1 is 1.13 bits per heavy atom. The minimum Gasteiger partial charge on any atom is -0.492 e. The standard InChI is InChI=1S/C24H26N2O3S/c1-18-7-6-9-22(15-18)28-14-13-26(3)24(27)12-11-20-8-4-5-10-23(20)29-16-21-17-30-19(2)25-21/h4-12,15,17H,13-14,16H2,1-3H3. The van der Waals surface area contributed by atoms with Crippen molar-refractivity contribution in [1.29, 1.82) is 0 Å². The maximum absolute atomic E-state index is 12.4. The number of likely N-dealkylation sites (N-methyl/N-ethyl adjacent to an activating group) is 1. The van der Waals surface area contributed by atoms with Gasteiger partial charge in [0.2, 0.25) is 5.91 Å². The quantitative estimate of drug-likeness (QED) is 0.461. The molecule has 0 N–H and O–H groups in total. The Hall–Kier alpha value is -3.12. The zero-order valence-corrected chi connectivity index (χ0v) is 18.3. The summed E-state index contributed by atoms with van der Waals surface area (Å²) in [5.41, 5.74) is 2.90. The van der Waals surface area contributed by atoms with Gasteiger partial charge in [-0.05, 0) is 43.7 Å². The third-order valence-corrected chi connectivity index (χ3v) is 5.25. The second kappa shape index (κ2) is 10.6. The number of hydrogen-bond acceptors (Lipinski definition) is 5. The molecule has 6 heteroatoms. The highest BCUT2D eigenvalue weighted by molar-refractivity contribution is 7.09. The summed E-state index contributed by atoms with van der Waals surface area (Å²) in [5, 5.41) is 3.01. The van der Waals surface area contributed by atoms with E-state index in [4.69, 9.17) is 9.47 Å². The number of thiazole rings is 1. The van der Waals surface area contributed by atoms with Gasteiger partial charge in [0, 0.05) is 24.1 Å². The van der Waals surface area contributed by atoms with Crippen molar-refractivity contribution in [3.05, 3.63) is 81.8 Å². The van der Waals surface area contributed by atoms with E-state index in [0.29, 0.717) is 19.8 Å². The number of ether oxygens (including phenoxy) is 2. The molecule has 3 rings (SSSR count). The average Bonchev–Trinajstić information content (AvgIpc) is 3.16. The maximum atomic E-state index is 12.4. The van der Waals surface area contributed by atoms with Crippen molar-refractivity contribution in [2.24, 2.45) is 0 Å². The predicted molar refractivity (Wildman–Crippen MR) is 121 cm³/mol. The van der Waals surface area contributed by atoms with E-state index in [1.165, 1.54) is 0 Å². The van der Waals surface area contributed by atoms with Crippen LogP contribution in [0.2, 0.25) is 0 Å². The summed E-state index contributed by atoms with van der Waals surface area (Å²) in [5.74, 6) is 1.44. The number of amides is 1. The van der Waals surface area contributed by atoms with Crippen LogP contribution in [0.4, 0.5) is 0 Å². The molecule has 1 amide bonds. The van der Waals surface area contributed by atoms with Crippen LogP contribution in [0.3, 0.4) is 0 Å². The molecule has 0 unspecified atom stereocenters. The highest BCUT2D eigenvalue weighted by atomic mass is 32.1. The smallest absolute Gasteiger partial charge is 0.246 e. The minimum absolute atomic E-state index is 0.0900. The Balaban J connectivity index is 1.52. The van der Waals surface area contributed by atoms with Crippen molar-refractivity contribution in [1.82, 2.24) is 9.88 Å². The molecule has 0 aliphatic carbocycles. The van der Waals surface area contributed by atoms with E-state index < -0.39 is 0 Å². The number of rotatable bonds is 9. The van der Waals surface area contributed by atoms with E-state index in [0.717, 1.165) is 33.3 Å². The lowest BCUT2D eigenvalue weighted by Crippen LogP contribution is -2.29. The fraction of sp³-hybridized carbons (Fsp3) is 0.250. The monoisotopic (exact) mass is 422 g/mol. The van der Waals surface area contributed by atoms with Crippen LogP contribution in [0.1, 0.15) is 21.8 Å². The molecule has 0 fully saturated rings. The highest BCUT2D eigenvalue weighted by Crippen LogP contribution is 2.21. The van der Waals surface area contributed by atoms with Gasteiger partial charge in [-0.25, -0.2) is 4.98 Å². The maximum Gasteiger partial charge on any atom is 0.246 e. The average molecular weight is 423 g/mol. The number of hydrogen-bond donors (Lipinski definition) is 0. The Morgan fingerprint density at radius 3 is 2.73 bits per heavy atom. The molecule has 0 radical (unpaired) electrons. The van der Waals surface area contributed by atoms with Crippen molar-refractivity contribution in [2.75, 3.05) is 20.2 Å². The van der Waals surface area contributed by atoms with Gasteiger partial charge in [-0.1, -0.05) is 30.3 Å².